The van der Waals surface area contributed by atoms with Gasteiger partial charge < -0.3 is 15.3 Å². The fraction of sp³-hybridized carbons (Fsp3) is 0.875. The van der Waals surface area contributed by atoms with E-state index >= 15 is 0 Å². The molecule has 15 heavy (non-hydrogen) atoms. The van der Waals surface area contributed by atoms with Gasteiger partial charge >= 0.3 is 12.1 Å². The van der Waals surface area contributed by atoms with E-state index in [1.54, 1.807) is 0 Å². The van der Waals surface area contributed by atoms with Crippen LogP contribution >= 0.6 is 0 Å². The van der Waals surface area contributed by atoms with Crippen LogP contribution in [0.25, 0.3) is 0 Å². The summed E-state index contributed by atoms with van der Waals surface area (Å²) in [5.41, 5.74) is 0. The number of amides is 1. The van der Waals surface area contributed by atoms with Crippen LogP contribution in [0.3, 0.4) is 0 Å². The molecule has 0 saturated carbocycles. The Labute approximate surface area is 85.1 Å². The Morgan fingerprint density at radius 1 is 1.53 bits per heavy atom. The third-order valence-electron chi connectivity index (χ3n) is 2.26. The minimum absolute atomic E-state index is 0.00109. The van der Waals surface area contributed by atoms with Crippen molar-refractivity contribution >= 4 is 5.91 Å². The van der Waals surface area contributed by atoms with Crippen molar-refractivity contribution in [2.24, 2.45) is 0 Å². The van der Waals surface area contributed by atoms with Crippen molar-refractivity contribution in [3.8, 4) is 0 Å². The lowest BCUT2D eigenvalue weighted by atomic mass is 10.1. The van der Waals surface area contributed by atoms with Crippen LogP contribution in [0.5, 0.6) is 0 Å². The van der Waals surface area contributed by atoms with Gasteiger partial charge in [-0.3, -0.25) is 4.79 Å². The fourth-order valence-electron chi connectivity index (χ4n) is 1.54. The molecule has 1 rings (SSSR count). The molecule has 1 heterocycles. The van der Waals surface area contributed by atoms with Crippen LogP contribution in [0, 0.1) is 0 Å². The van der Waals surface area contributed by atoms with E-state index in [9.17, 15) is 18.0 Å². The van der Waals surface area contributed by atoms with Crippen molar-refractivity contribution in [1.82, 2.24) is 10.2 Å². The number of nitrogens with zero attached hydrogens (tertiary/aromatic N) is 1. The Kier molecular flexibility index (Phi) is 3.92. The number of aliphatic hydroxyl groups excluding tert-OH is 1. The number of hydrogen-bond donors (Lipinski definition) is 2. The number of aliphatic hydroxyl groups is 1. The molecule has 1 aliphatic rings. The molecule has 1 saturated heterocycles. The van der Waals surface area contributed by atoms with E-state index < -0.39 is 12.1 Å². The van der Waals surface area contributed by atoms with Gasteiger partial charge in [0.15, 0.2) is 0 Å². The monoisotopic (exact) mass is 226 g/mol. The molecule has 1 aliphatic heterocycles. The standard InChI is InChI=1S/C8H13F3N2O2/c9-8(10,11)7(15)13-3-2-12-6(5-13)1-4-14/h6,12,14H,1-5H2/t6-/m0/s1. The summed E-state index contributed by atoms with van der Waals surface area (Å²) in [5, 5.41) is 11.6. The molecule has 1 fully saturated rings. The lowest BCUT2D eigenvalue weighted by Gasteiger charge is -2.33. The summed E-state index contributed by atoms with van der Waals surface area (Å²) < 4.78 is 36.3. The normalized spacial score (nSPS) is 22.9. The molecule has 0 spiro atoms. The molecule has 0 aliphatic carbocycles. The molecule has 0 aromatic rings. The van der Waals surface area contributed by atoms with Gasteiger partial charge in [-0.15, -0.1) is 0 Å². The Morgan fingerprint density at radius 2 is 2.20 bits per heavy atom. The molecule has 0 aromatic carbocycles. The number of alkyl halides is 3. The van der Waals surface area contributed by atoms with Gasteiger partial charge in [0.25, 0.3) is 0 Å². The summed E-state index contributed by atoms with van der Waals surface area (Å²) >= 11 is 0. The van der Waals surface area contributed by atoms with E-state index in [1.807, 2.05) is 0 Å². The van der Waals surface area contributed by atoms with Gasteiger partial charge in [-0.1, -0.05) is 0 Å². The number of halogens is 3. The summed E-state index contributed by atoms with van der Waals surface area (Å²) in [5.74, 6) is -1.80. The summed E-state index contributed by atoms with van der Waals surface area (Å²) in [4.78, 5) is 11.7. The third-order valence-corrected chi connectivity index (χ3v) is 2.26. The number of nitrogens with one attached hydrogen (secondary N) is 1. The number of rotatable bonds is 2. The quantitative estimate of drug-likeness (QED) is 0.681. The van der Waals surface area contributed by atoms with E-state index in [1.165, 1.54) is 0 Å². The van der Waals surface area contributed by atoms with Crippen LogP contribution in [0.1, 0.15) is 6.42 Å². The maximum Gasteiger partial charge on any atom is 0.471 e. The van der Waals surface area contributed by atoms with Crippen molar-refractivity contribution in [1.29, 1.82) is 0 Å². The fourth-order valence-corrected chi connectivity index (χ4v) is 1.54. The predicted molar refractivity (Wildman–Crippen MR) is 46.1 cm³/mol. The maximum atomic E-state index is 12.1. The van der Waals surface area contributed by atoms with Crippen LogP contribution in [0.4, 0.5) is 13.2 Å². The van der Waals surface area contributed by atoms with E-state index in [-0.39, 0.29) is 25.7 Å². The van der Waals surface area contributed by atoms with Gasteiger partial charge in [-0.25, -0.2) is 0 Å². The maximum absolute atomic E-state index is 12.1. The van der Waals surface area contributed by atoms with E-state index in [2.05, 4.69) is 5.32 Å². The van der Waals surface area contributed by atoms with Crippen molar-refractivity contribution in [3.05, 3.63) is 0 Å². The highest BCUT2D eigenvalue weighted by Crippen LogP contribution is 2.19. The third kappa shape index (κ3) is 3.35. The molecular weight excluding hydrogens is 213 g/mol. The van der Waals surface area contributed by atoms with Crippen molar-refractivity contribution in [3.63, 3.8) is 0 Å². The van der Waals surface area contributed by atoms with Crippen LogP contribution in [0.2, 0.25) is 0 Å². The summed E-state index contributed by atoms with van der Waals surface area (Å²) in [7, 11) is 0. The largest absolute Gasteiger partial charge is 0.471 e. The summed E-state index contributed by atoms with van der Waals surface area (Å²) in [6.45, 7) is 0.275. The van der Waals surface area contributed by atoms with Gasteiger partial charge in [0.2, 0.25) is 0 Å². The summed E-state index contributed by atoms with van der Waals surface area (Å²) in [6.07, 6.45) is -4.46. The SMILES string of the molecule is O=C(N1CCN[C@@H](CCO)C1)C(F)(F)F. The molecule has 0 radical (unpaired) electrons. The second-order valence-electron chi connectivity index (χ2n) is 3.41. The van der Waals surface area contributed by atoms with Crippen molar-refractivity contribution < 1.29 is 23.1 Å². The number of piperazine rings is 1. The van der Waals surface area contributed by atoms with Gasteiger partial charge in [0.05, 0.1) is 0 Å². The smallest absolute Gasteiger partial charge is 0.396 e. The Bertz CT molecular complexity index is 230. The molecule has 1 amide bonds. The number of carbonyl (C=O) groups is 1. The van der Waals surface area contributed by atoms with Gasteiger partial charge in [-0.2, -0.15) is 13.2 Å². The first-order valence-electron chi connectivity index (χ1n) is 4.65. The Morgan fingerprint density at radius 3 is 2.73 bits per heavy atom. The topological polar surface area (TPSA) is 52.6 Å². The minimum Gasteiger partial charge on any atom is -0.396 e. The Hall–Kier alpha value is -0.820. The zero-order valence-electron chi connectivity index (χ0n) is 8.05. The molecule has 0 bridgehead atoms. The zero-order valence-corrected chi connectivity index (χ0v) is 8.05. The predicted octanol–water partition coefficient (Wildman–Crippen LogP) is -0.269. The first-order chi connectivity index (χ1) is 6.95. The zero-order chi connectivity index (χ0) is 11.5. The number of carbonyl (C=O) groups excluding carboxylic acids is 1. The average molecular weight is 226 g/mol. The second kappa shape index (κ2) is 4.80. The van der Waals surface area contributed by atoms with E-state index in [0.29, 0.717) is 13.0 Å². The number of hydrogen-bond acceptors (Lipinski definition) is 3. The molecule has 2 N–H and O–H groups in total. The van der Waals surface area contributed by atoms with Crippen LogP contribution in [0.15, 0.2) is 0 Å². The van der Waals surface area contributed by atoms with Gasteiger partial charge in [-0.05, 0) is 6.42 Å². The molecule has 1 atom stereocenters. The average Bonchev–Trinajstić information content (AvgIpc) is 2.16. The molecule has 0 unspecified atom stereocenters. The molecular formula is C8H13F3N2O2. The van der Waals surface area contributed by atoms with E-state index in [4.69, 9.17) is 5.11 Å². The molecule has 4 nitrogen and oxygen atoms in total. The highest BCUT2D eigenvalue weighted by molar-refractivity contribution is 5.82. The first-order valence-corrected chi connectivity index (χ1v) is 4.65. The first kappa shape index (κ1) is 12.3. The molecule has 0 aromatic heterocycles. The van der Waals surface area contributed by atoms with Crippen LogP contribution in [-0.2, 0) is 4.79 Å². The van der Waals surface area contributed by atoms with Gasteiger partial charge in [0, 0.05) is 32.3 Å². The summed E-state index contributed by atoms with van der Waals surface area (Å²) in [6, 6.07) is -0.255. The highest BCUT2D eigenvalue weighted by atomic mass is 19.4. The Balaban J connectivity index is 2.52. The molecule has 7 heteroatoms. The van der Waals surface area contributed by atoms with Crippen LogP contribution in [-0.4, -0.2) is 54.4 Å². The van der Waals surface area contributed by atoms with Crippen molar-refractivity contribution in [2.75, 3.05) is 26.2 Å². The van der Waals surface area contributed by atoms with Gasteiger partial charge in [0.1, 0.15) is 0 Å². The second-order valence-corrected chi connectivity index (χ2v) is 3.41. The molecule has 88 valence electrons. The minimum atomic E-state index is -4.80. The lowest BCUT2D eigenvalue weighted by molar-refractivity contribution is -0.186. The highest BCUT2D eigenvalue weighted by Gasteiger charge is 2.43. The van der Waals surface area contributed by atoms with Crippen molar-refractivity contribution in [2.45, 2.75) is 18.6 Å². The van der Waals surface area contributed by atoms with Crippen LogP contribution < -0.4 is 5.32 Å². The van der Waals surface area contributed by atoms with E-state index in [0.717, 1.165) is 4.90 Å². The lowest BCUT2D eigenvalue weighted by Crippen LogP contribution is -2.55.